The van der Waals surface area contributed by atoms with Crippen LogP contribution in [0.1, 0.15) is 40.0 Å². The van der Waals surface area contributed by atoms with Crippen LogP contribution in [0.4, 0.5) is 11.4 Å². The molecule has 2 aromatic carbocycles. The molecule has 27 heavy (non-hydrogen) atoms. The summed E-state index contributed by atoms with van der Waals surface area (Å²) in [6.07, 6.45) is 3.51. The largest absolute Gasteiger partial charge is 0.397 e. The fourth-order valence-electron chi connectivity index (χ4n) is 3.19. The van der Waals surface area contributed by atoms with Crippen LogP contribution in [0.15, 0.2) is 48.5 Å². The highest BCUT2D eigenvalue weighted by molar-refractivity contribution is 6.06. The van der Waals surface area contributed by atoms with Crippen molar-refractivity contribution in [3.8, 4) is 0 Å². The molecule has 0 unspecified atom stereocenters. The molecule has 0 aliphatic carbocycles. The van der Waals surface area contributed by atoms with Gasteiger partial charge in [0.1, 0.15) is 0 Å². The van der Waals surface area contributed by atoms with Crippen LogP contribution in [0.5, 0.6) is 0 Å². The Morgan fingerprint density at radius 1 is 0.926 bits per heavy atom. The van der Waals surface area contributed by atoms with E-state index in [0.29, 0.717) is 29.0 Å². The third-order valence-electron chi connectivity index (χ3n) is 4.75. The average Bonchev–Trinajstić information content (AvgIpc) is 3.20. The molecule has 0 aromatic heterocycles. The summed E-state index contributed by atoms with van der Waals surface area (Å²) >= 11 is 0. The first-order valence-corrected chi connectivity index (χ1v) is 9.40. The molecule has 0 radical (unpaired) electrons. The number of likely N-dealkylation sites (tertiary alicyclic amines) is 1. The molecule has 1 aliphatic heterocycles. The lowest BCUT2D eigenvalue weighted by Crippen LogP contribution is -2.28. The van der Waals surface area contributed by atoms with Gasteiger partial charge in [-0.05, 0) is 75.3 Å². The van der Waals surface area contributed by atoms with Gasteiger partial charge in [-0.25, -0.2) is 0 Å². The van der Waals surface area contributed by atoms with Gasteiger partial charge in [0.05, 0.1) is 11.4 Å². The molecule has 1 aliphatic rings. The van der Waals surface area contributed by atoms with E-state index in [4.69, 9.17) is 5.73 Å². The van der Waals surface area contributed by atoms with Crippen LogP contribution < -0.4 is 16.4 Å². The minimum Gasteiger partial charge on any atom is -0.397 e. The smallest absolute Gasteiger partial charge is 0.255 e. The summed E-state index contributed by atoms with van der Waals surface area (Å²) < 4.78 is 0. The molecule has 3 rings (SSSR count). The molecule has 6 heteroatoms. The fourth-order valence-corrected chi connectivity index (χ4v) is 3.19. The summed E-state index contributed by atoms with van der Waals surface area (Å²) in [4.78, 5) is 27.0. The van der Waals surface area contributed by atoms with E-state index in [2.05, 4.69) is 15.5 Å². The van der Waals surface area contributed by atoms with Gasteiger partial charge in [0.25, 0.3) is 11.8 Å². The van der Waals surface area contributed by atoms with Gasteiger partial charge in [0.15, 0.2) is 0 Å². The molecule has 0 spiro atoms. The van der Waals surface area contributed by atoms with Gasteiger partial charge < -0.3 is 21.3 Å². The molecule has 0 bridgehead atoms. The minimum absolute atomic E-state index is 0.115. The van der Waals surface area contributed by atoms with Crippen LogP contribution in [0.25, 0.3) is 0 Å². The third kappa shape index (κ3) is 5.31. The lowest BCUT2D eigenvalue weighted by molar-refractivity contribution is 0.0950. The quantitative estimate of drug-likeness (QED) is 0.519. The standard InChI is InChI=1S/C21H26N4O2/c22-18-6-1-2-7-19(18)24-21(27)17-10-8-16(9-11-17)20(26)23-12-5-15-25-13-3-4-14-25/h1-2,6-11H,3-5,12-15,22H2,(H,23,26)(H,24,27). The zero-order chi connectivity index (χ0) is 19.1. The summed E-state index contributed by atoms with van der Waals surface area (Å²) in [5.41, 5.74) is 7.94. The Hall–Kier alpha value is -2.86. The number of hydrogen-bond donors (Lipinski definition) is 3. The number of hydrogen-bond acceptors (Lipinski definition) is 4. The molecule has 142 valence electrons. The summed E-state index contributed by atoms with van der Waals surface area (Å²) in [5, 5.41) is 5.71. The molecule has 2 amide bonds. The van der Waals surface area contributed by atoms with E-state index in [1.165, 1.54) is 25.9 Å². The lowest BCUT2D eigenvalue weighted by Gasteiger charge is -2.14. The van der Waals surface area contributed by atoms with Gasteiger partial charge in [0.2, 0.25) is 0 Å². The maximum Gasteiger partial charge on any atom is 0.255 e. The SMILES string of the molecule is Nc1ccccc1NC(=O)c1ccc(C(=O)NCCCN2CCCC2)cc1. The summed E-state index contributed by atoms with van der Waals surface area (Å²) in [6.45, 7) is 4.03. The van der Waals surface area contributed by atoms with Crippen LogP contribution in [0, 0.1) is 0 Å². The van der Waals surface area contributed by atoms with Crippen molar-refractivity contribution >= 4 is 23.2 Å². The van der Waals surface area contributed by atoms with Crippen molar-refractivity contribution in [2.45, 2.75) is 19.3 Å². The fraction of sp³-hybridized carbons (Fsp3) is 0.333. The van der Waals surface area contributed by atoms with Crippen LogP contribution in [-0.2, 0) is 0 Å². The monoisotopic (exact) mass is 366 g/mol. The number of carbonyl (C=O) groups is 2. The Balaban J connectivity index is 1.47. The van der Waals surface area contributed by atoms with Crippen LogP contribution in [0.3, 0.4) is 0 Å². The van der Waals surface area contributed by atoms with Crippen molar-refractivity contribution < 1.29 is 9.59 Å². The van der Waals surface area contributed by atoms with E-state index >= 15 is 0 Å². The van der Waals surface area contributed by atoms with Gasteiger partial charge in [-0.3, -0.25) is 9.59 Å². The van der Waals surface area contributed by atoms with Gasteiger partial charge in [-0.1, -0.05) is 12.1 Å². The lowest BCUT2D eigenvalue weighted by atomic mass is 10.1. The molecule has 0 atom stereocenters. The second-order valence-corrected chi connectivity index (χ2v) is 6.78. The number of nitrogen functional groups attached to an aromatic ring is 1. The summed E-state index contributed by atoms with van der Waals surface area (Å²) in [5.74, 6) is -0.374. The van der Waals surface area contributed by atoms with Gasteiger partial charge >= 0.3 is 0 Å². The number of carbonyl (C=O) groups excluding carboxylic acids is 2. The second-order valence-electron chi connectivity index (χ2n) is 6.78. The van der Waals surface area contributed by atoms with Gasteiger partial charge in [-0.15, -0.1) is 0 Å². The van der Waals surface area contributed by atoms with Crippen molar-refractivity contribution in [1.82, 2.24) is 10.2 Å². The van der Waals surface area contributed by atoms with Crippen molar-refractivity contribution in [2.24, 2.45) is 0 Å². The third-order valence-corrected chi connectivity index (χ3v) is 4.75. The Kier molecular flexibility index (Phi) is 6.44. The highest BCUT2D eigenvalue weighted by Crippen LogP contribution is 2.18. The minimum atomic E-state index is -0.259. The maximum absolute atomic E-state index is 12.3. The van der Waals surface area contributed by atoms with Crippen LogP contribution in [0.2, 0.25) is 0 Å². The molecule has 6 nitrogen and oxygen atoms in total. The van der Waals surface area contributed by atoms with E-state index < -0.39 is 0 Å². The maximum atomic E-state index is 12.3. The predicted octanol–water partition coefficient (Wildman–Crippen LogP) is 2.74. The van der Waals surface area contributed by atoms with Crippen molar-refractivity contribution in [3.05, 3.63) is 59.7 Å². The summed E-state index contributed by atoms with van der Waals surface area (Å²) in [6, 6.07) is 13.7. The number of para-hydroxylation sites is 2. The number of amides is 2. The molecule has 1 heterocycles. The topological polar surface area (TPSA) is 87.5 Å². The average molecular weight is 366 g/mol. The van der Waals surface area contributed by atoms with Crippen LogP contribution >= 0.6 is 0 Å². The van der Waals surface area contributed by atoms with E-state index in [-0.39, 0.29) is 11.8 Å². The van der Waals surface area contributed by atoms with Crippen LogP contribution in [-0.4, -0.2) is 42.9 Å². The second kappa shape index (κ2) is 9.19. The molecular formula is C21H26N4O2. The van der Waals surface area contributed by atoms with Gasteiger partial charge in [-0.2, -0.15) is 0 Å². The Labute approximate surface area is 159 Å². The van der Waals surface area contributed by atoms with E-state index in [0.717, 1.165) is 13.0 Å². The number of anilines is 2. The molecular weight excluding hydrogens is 340 g/mol. The number of benzene rings is 2. The zero-order valence-corrected chi connectivity index (χ0v) is 15.4. The number of nitrogens with two attached hydrogens (primary N) is 1. The number of nitrogens with one attached hydrogen (secondary N) is 2. The van der Waals surface area contributed by atoms with E-state index in [1.54, 1.807) is 36.4 Å². The van der Waals surface area contributed by atoms with Crippen molar-refractivity contribution in [3.63, 3.8) is 0 Å². The Morgan fingerprint density at radius 3 is 2.22 bits per heavy atom. The molecule has 4 N–H and O–H groups in total. The first kappa shape index (κ1) is 18.9. The van der Waals surface area contributed by atoms with Crippen molar-refractivity contribution in [2.75, 3.05) is 37.2 Å². The Bertz CT molecular complexity index is 783. The number of rotatable bonds is 7. The highest BCUT2D eigenvalue weighted by atomic mass is 16.2. The first-order valence-electron chi connectivity index (χ1n) is 9.40. The summed E-state index contributed by atoms with van der Waals surface area (Å²) in [7, 11) is 0. The Morgan fingerprint density at radius 2 is 1.56 bits per heavy atom. The predicted molar refractivity (Wildman–Crippen MR) is 108 cm³/mol. The van der Waals surface area contributed by atoms with Gasteiger partial charge in [0, 0.05) is 17.7 Å². The van der Waals surface area contributed by atoms with Crippen molar-refractivity contribution in [1.29, 1.82) is 0 Å². The normalized spacial score (nSPS) is 14.1. The van der Waals surface area contributed by atoms with E-state index in [9.17, 15) is 9.59 Å². The van der Waals surface area contributed by atoms with E-state index in [1.807, 2.05) is 12.1 Å². The number of nitrogens with zero attached hydrogens (tertiary/aromatic N) is 1. The molecule has 1 fully saturated rings. The highest BCUT2D eigenvalue weighted by Gasteiger charge is 2.12. The zero-order valence-electron chi connectivity index (χ0n) is 15.4. The molecule has 1 saturated heterocycles. The first-order chi connectivity index (χ1) is 13.1. The molecule has 0 saturated carbocycles. The molecule has 2 aromatic rings.